The van der Waals surface area contributed by atoms with Crippen LogP contribution in [0.3, 0.4) is 0 Å². The lowest BCUT2D eigenvalue weighted by atomic mass is 9.92. The van der Waals surface area contributed by atoms with E-state index in [0.717, 1.165) is 63.5 Å². The first kappa shape index (κ1) is 16.9. The molecule has 0 spiro atoms. The lowest BCUT2D eigenvalue weighted by Gasteiger charge is -2.40. The van der Waals surface area contributed by atoms with Crippen molar-refractivity contribution in [2.24, 2.45) is 16.8 Å². The molecule has 2 unspecified atom stereocenters. The fourth-order valence-corrected chi connectivity index (χ4v) is 4.40. The zero-order valence-electron chi connectivity index (χ0n) is 14.0. The Morgan fingerprint density at radius 3 is 2.43 bits per heavy atom. The van der Waals surface area contributed by atoms with Gasteiger partial charge in [0.25, 0.3) is 0 Å². The third-order valence-corrected chi connectivity index (χ3v) is 6.20. The molecule has 2 fully saturated rings. The largest absolute Gasteiger partial charge is 0.381 e. The van der Waals surface area contributed by atoms with Crippen molar-refractivity contribution < 1.29 is 4.74 Å². The Hall–Kier alpha value is -0.420. The van der Waals surface area contributed by atoms with Gasteiger partial charge in [0.15, 0.2) is 5.96 Å². The maximum atomic E-state index is 5.52. The second kappa shape index (κ2) is 7.73. The standard InChI is InChI=1S/C16H31N3OS/c1-13-9-14(2)11-19(10-13)15(17-3)18-12-16(21-4)5-7-20-8-6-16/h13-14H,5-12H2,1-4H3,(H,17,18). The lowest BCUT2D eigenvalue weighted by molar-refractivity contribution is 0.0780. The first-order chi connectivity index (χ1) is 10.1. The monoisotopic (exact) mass is 313 g/mol. The van der Waals surface area contributed by atoms with Crippen LogP contribution in [0.2, 0.25) is 0 Å². The number of nitrogens with one attached hydrogen (secondary N) is 1. The molecule has 2 atom stereocenters. The topological polar surface area (TPSA) is 36.9 Å². The fourth-order valence-electron chi connectivity index (χ4n) is 3.60. The van der Waals surface area contributed by atoms with Crippen LogP contribution in [0.15, 0.2) is 4.99 Å². The number of ether oxygens (including phenoxy) is 1. The predicted octanol–water partition coefficient (Wildman–Crippen LogP) is 2.45. The van der Waals surface area contributed by atoms with Crippen LogP contribution >= 0.6 is 11.8 Å². The van der Waals surface area contributed by atoms with E-state index in [2.05, 4.69) is 35.3 Å². The summed E-state index contributed by atoms with van der Waals surface area (Å²) in [6.07, 6.45) is 5.82. The first-order valence-electron chi connectivity index (χ1n) is 8.17. The van der Waals surface area contributed by atoms with E-state index < -0.39 is 0 Å². The van der Waals surface area contributed by atoms with Crippen molar-refractivity contribution in [3.63, 3.8) is 0 Å². The molecular weight excluding hydrogens is 282 g/mol. The molecule has 0 aromatic heterocycles. The van der Waals surface area contributed by atoms with Gasteiger partial charge in [0, 0.05) is 44.6 Å². The third kappa shape index (κ3) is 4.52. The summed E-state index contributed by atoms with van der Waals surface area (Å²) in [7, 11) is 1.90. The van der Waals surface area contributed by atoms with Crippen LogP contribution in [0.4, 0.5) is 0 Å². The molecule has 0 amide bonds. The Labute approximate surface area is 134 Å². The molecule has 0 bridgehead atoms. The average Bonchev–Trinajstić information content (AvgIpc) is 2.48. The number of nitrogens with zero attached hydrogens (tertiary/aromatic N) is 2. The molecule has 0 aliphatic carbocycles. The molecule has 1 N–H and O–H groups in total. The Kier molecular flexibility index (Phi) is 6.23. The molecule has 0 aromatic rings. The molecule has 2 rings (SSSR count). The van der Waals surface area contributed by atoms with Crippen molar-refractivity contribution in [1.29, 1.82) is 0 Å². The van der Waals surface area contributed by atoms with Gasteiger partial charge in [-0.3, -0.25) is 4.99 Å². The van der Waals surface area contributed by atoms with E-state index in [1.54, 1.807) is 0 Å². The summed E-state index contributed by atoms with van der Waals surface area (Å²) in [5.41, 5.74) is 0. The zero-order chi connectivity index (χ0) is 15.3. The van der Waals surface area contributed by atoms with Crippen LogP contribution in [-0.2, 0) is 4.74 Å². The number of piperidine rings is 1. The normalized spacial score (nSPS) is 30.3. The Balaban J connectivity index is 1.93. The van der Waals surface area contributed by atoms with Gasteiger partial charge in [-0.25, -0.2) is 0 Å². The highest BCUT2D eigenvalue weighted by atomic mass is 32.2. The number of hydrogen-bond acceptors (Lipinski definition) is 3. The summed E-state index contributed by atoms with van der Waals surface area (Å²) >= 11 is 1.98. The highest BCUT2D eigenvalue weighted by Crippen LogP contribution is 2.33. The third-order valence-electron chi connectivity index (χ3n) is 4.79. The highest BCUT2D eigenvalue weighted by molar-refractivity contribution is 8.00. The molecular formula is C16H31N3OS. The van der Waals surface area contributed by atoms with Gasteiger partial charge in [-0.05, 0) is 37.4 Å². The summed E-state index contributed by atoms with van der Waals surface area (Å²) in [6, 6.07) is 0. The maximum Gasteiger partial charge on any atom is 0.193 e. The molecule has 5 heteroatoms. The van der Waals surface area contributed by atoms with E-state index >= 15 is 0 Å². The second-order valence-electron chi connectivity index (χ2n) is 6.75. The van der Waals surface area contributed by atoms with Crippen molar-refractivity contribution in [1.82, 2.24) is 10.2 Å². The molecule has 0 aromatic carbocycles. The van der Waals surface area contributed by atoms with Gasteiger partial charge in [0.1, 0.15) is 0 Å². The van der Waals surface area contributed by atoms with E-state index in [1.165, 1.54) is 6.42 Å². The van der Waals surface area contributed by atoms with Crippen LogP contribution in [0, 0.1) is 11.8 Å². The number of guanidine groups is 1. The van der Waals surface area contributed by atoms with E-state index in [0.29, 0.717) is 4.75 Å². The molecule has 2 aliphatic heterocycles. The minimum absolute atomic E-state index is 0.307. The summed E-state index contributed by atoms with van der Waals surface area (Å²) in [5, 5.41) is 3.64. The maximum absolute atomic E-state index is 5.52. The second-order valence-corrected chi connectivity index (χ2v) is 8.03. The summed E-state index contributed by atoms with van der Waals surface area (Å²) in [6.45, 7) is 9.70. The van der Waals surface area contributed by atoms with Crippen molar-refractivity contribution in [3.05, 3.63) is 0 Å². The highest BCUT2D eigenvalue weighted by Gasteiger charge is 2.33. The SMILES string of the molecule is CN=C(NCC1(SC)CCOCC1)N1CC(C)CC(C)C1. The fraction of sp³-hybridized carbons (Fsp3) is 0.938. The smallest absolute Gasteiger partial charge is 0.193 e. The number of aliphatic imine (C=N–C) groups is 1. The molecule has 2 aliphatic rings. The van der Waals surface area contributed by atoms with Gasteiger partial charge in [0.05, 0.1) is 0 Å². The van der Waals surface area contributed by atoms with Crippen molar-refractivity contribution in [2.75, 3.05) is 46.2 Å². The van der Waals surface area contributed by atoms with E-state index in [9.17, 15) is 0 Å². The minimum atomic E-state index is 0.307. The van der Waals surface area contributed by atoms with Crippen LogP contribution in [-0.4, -0.2) is 61.8 Å². The van der Waals surface area contributed by atoms with Crippen molar-refractivity contribution in [3.8, 4) is 0 Å². The predicted molar refractivity (Wildman–Crippen MR) is 92.2 cm³/mol. The quantitative estimate of drug-likeness (QED) is 0.641. The molecule has 0 saturated carbocycles. The van der Waals surface area contributed by atoms with E-state index in [4.69, 9.17) is 4.74 Å². The Morgan fingerprint density at radius 1 is 1.29 bits per heavy atom. The molecule has 122 valence electrons. The molecule has 2 saturated heterocycles. The summed E-state index contributed by atoms with van der Waals surface area (Å²) in [5.74, 6) is 2.59. The van der Waals surface area contributed by atoms with Gasteiger partial charge < -0.3 is 15.0 Å². The number of rotatable bonds is 3. The summed E-state index contributed by atoms with van der Waals surface area (Å²) < 4.78 is 5.83. The lowest BCUT2D eigenvalue weighted by Crippen LogP contribution is -2.52. The van der Waals surface area contributed by atoms with Gasteiger partial charge in [-0.15, -0.1) is 0 Å². The average molecular weight is 314 g/mol. The number of thioether (sulfide) groups is 1. The number of likely N-dealkylation sites (tertiary alicyclic amines) is 1. The van der Waals surface area contributed by atoms with Gasteiger partial charge in [-0.2, -0.15) is 11.8 Å². The van der Waals surface area contributed by atoms with Gasteiger partial charge in [-0.1, -0.05) is 13.8 Å². The van der Waals surface area contributed by atoms with Crippen LogP contribution in [0.25, 0.3) is 0 Å². The first-order valence-corrected chi connectivity index (χ1v) is 9.39. The zero-order valence-corrected chi connectivity index (χ0v) is 14.8. The molecule has 4 nitrogen and oxygen atoms in total. The molecule has 2 heterocycles. The van der Waals surface area contributed by atoms with Crippen LogP contribution < -0.4 is 5.32 Å². The van der Waals surface area contributed by atoms with Crippen molar-refractivity contribution in [2.45, 2.75) is 37.9 Å². The molecule has 21 heavy (non-hydrogen) atoms. The van der Waals surface area contributed by atoms with Crippen LogP contribution in [0.5, 0.6) is 0 Å². The summed E-state index contributed by atoms with van der Waals surface area (Å²) in [4.78, 5) is 6.96. The number of hydrogen-bond donors (Lipinski definition) is 1. The Morgan fingerprint density at radius 2 is 1.90 bits per heavy atom. The van der Waals surface area contributed by atoms with Gasteiger partial charge >= 0.3 is 0 Å². The van der Waals surface area contributed by atoms with E-state index in [-0.39, 0.29) is 0 Å². The molecule has 0 radical (unpaired) electrons. The van der Waals surface area contributed by atoms with E-state index in [1.807, 2.05) is 18.8 Å². The minimum Gasteiger partial charge on any atom is -0.381 e. The van der Waals surface area contributed by atoms with Crippen LogP contribution in [0.1, 0.15) is 33.1 Å². The Bertz CT molecular complexity index is 345. The van der Waals surface area contributed by atoms with Gasteiger partial charge in [0.2, 0.25) is 0 Å². The van der Waals surface area contributed by atoms with Crippen molar-refractivity contribution >= 4 is 17.7 Å².